The first-order chi connectivity index (χ1) is 9.66. The summed E-state index contributed by atoms with van der Waals surface area (Å²) in [6, 6.07) is 16.2. The Labute approximate surface area is 123 Å². The Morgan fingerprint density at radius 3 is 2.55 bits per heavy atom. The van der Waals surface area contributed by atoms with Crippen LogP contribution in [0.25, 0.3) is 0 Å². The van der Waals surface area contributed by atoms with Gasteiger partial charge in [-0.3, -0.25) is 4.99 Å². The van der Waals surface area contributed by atoms with Gasteiger partial charge in [0.25, 0.3) is 0 Å². The van der Waals surface area contributed by atoms with Crippen molar-refractivity contribution in [2.45, 2.75) is 13.0 Å². The molecule has 4 heteroatoms. The van der Waals surface area contributed by atoms with Gasteiger partial charge in [0, 0.05) is 10.7 Å². The number of anilines is 1. The van der Waals surface area contributed by atoms with Gasteiger partial charge in [0.2, 0.25) is 0 Å². The summed E-state index contributed by atoms with van der Waals surface area (Å²) in [5.74, 6) is 0.541. The number of rotatable bonds is 2. The Balaban J connectivity index is 2.01. The monoisotopic (exact) mass is 285 g/mol. The second-order valence-corrected chi connectivity index (χ2v) is 5.35. The molecule has 0 spiro atoms. The number of aryl methyl sites for hydroxylation is 1. The van der Waals surface area contributed by atoms with Gasteiger partial charge in [-0.2, -0.15) is 0 Å². The van der Waals surface area contributed by atoms with Crippen LogP contribution in [-0.2, 0) is 0 Å². The number of benzene rings is 2. The van der Waals surface area contributed by atoms with E-state index in [2.05, 4.69) is 36.2 Å². The minimum atomic E-state index is 0.0615. The lowest BCUT2D eigenvalue weighted by Crippen LogP contribution is -2.36. The fourth-order valence-electron chi connectivity index (χ4n) is 2.50. The molecule has 2 aromatic carbocycles. The summed E-state index contributed by atoms with van der Waals surface area (Å²) < 4.78 is 0. The van der Waals surface area contributed by atoms with Gasteiger partial charge < -0.3 is 10.6 Å². The fourth-order valence-corrected chi connectivity index (χ4v) is 2.76. The first-order valence-electron chi connectivity index (χ1n) is 6.57. The van der Waals surface area contributed by atoms with Crippen LogP contribution >= 0.6 is 11.6 Å². The third kappa shape index (κ3) is 2.25. The average Bonchev–Trinajstić information content (AvgIpc) is 2.82. The number of halogens is 1. The van der Waals surface area contributed by atoms with Crippen molar-refractivity contribution < 1.29 is 0 Å². The number of hydrogen-bond donors (Lipinski definition) is 1. The van der Waals surface area contributed by atoms with Gasteiger partial charge in [-0.15, -0.1) is 0 Å². The number of nitrogens with two attached hydrogens (primary N) is 1. The Bertz CT molecular complexity index is 649. The maximum absolute atomic E-state index is 6.31. The highest BCUT2D eigenvalue weighted by molar-refractivity contribution is 6.31. The summed E-state index contributed by atoms with van der Waals surface area (Å²) in [6.07, 6.45) is 0. The number of nitrogens with zero attached hydrogens (tertiary/aromatic N) is 2. The Morgan fingerprint density at radius 1 is 1.15 bits per heavy atom. The minimum Gasteiger partial charge on any atom is -0.369 e. The molecule has 1 aliphatic heterocycles. The molecule has 102 valence electrons. The molecule has 1 atom stereocenters. The van der Waals surface area contributed by atoms with Crippen molar-refractivity contribution >= 4 is 23.2 Å². The molecule has 0 fully saturated rings. The van der Waals surface area contributed by atoms with Gasteiger partial charge in [0.05, 0.1) is 12.6 Å². The molecule has 0 bridgehead atoms. The summed E-state index contributed by atoms with van der Waals surface area (Å²) >= 11 is 6.31. The summed E-state index contributed by atoms with van der Waals surface area (Å²) in [5.41, 5.74) is 9.38. The Kier molecular flexibility index (Phi) is 3.36. The van der Waals surface area contributed by atoms with E-state index in [-0.39, 0.29) is 6.04 Å². The molecule has 20 heavy (non-hydrogen) atoms. The molecule has 0 amide bonds. The molecule has 2 N–H and O–H groups in total. The van der Waals surface area contributed by atoms with Crippen LogP contribution in [0.5, 0.6) is 0 Å². The summed E-state index contributed by atoms with van der Waals surface area (Å²) in [4.78, 5) is 6.42. The zero-order valence-corrected chi connectivity index (χ0v) is 12.0. The predicted octanol–water partition coefficient (Wildman–Crippen LogP) is 3.52. The largest absolute Gasteiger partial charge is 0.369 e. The highest BCUT2D eigenvalue weighted by atomic mass is 35.5. The second kappa shape index (κ2) is 5.17. The van der Waals surface area contributed by atoms with Crippen LogP contribution < -0.4 is 10.6 Å². The lowest BCUT2D eigenvalue weighted by atomic mass is 10.1. The number of aliphatic imine (C=N–C) groups is 1. The van der Waals surface area contributed by atoms with E-state index in [0.717, 1.165) is 16.3 Å². The predicted molar refractivity (Wildman–Crippen MR) is 84.3 cm³/mol. The number of hydrogen-bond acceptors (Lipinski definition) is 3. The van der Waals surface area contributed by atoms with E-state index in [1.807, 2.05) is 29.2 Å². The van der Waals surface area contributed by atoms with Crippen LogP contribution in [0, 0.1) is 6.92 Å². The normalized spacial score (nSPS) is 18.2. The highest BCUT2D eigenvalue weighted by Crippen LogP contribution is 2.34. The average molecular weight is 286 g/mol. The van der Waals surface area contributed by atoms with Crippen molar-refractivity contribution in [3.05, 3.63) is 64.7 Å². The quantitative estimate of drug-likeness (QED) is 0.917. The van der Waals surface area contributed by atoms with Gasteiger partial charge in [-0.1, -0.05) is 47.5 Å². The van der Waals surface area contributed by atoms with E-state index in [4.69, 9.17) is 17.3 Å². The van der Waals surface area contributed by atoms with E-state index in [1.165, 1.54) is 5.56 Å². The molecule has 3 nitrogen and oxygen atoms in total. The molecule has 1 aliphatic rings. The van der Waals surface area contributed by atoms with E-state index in [9.17, 15) is 0 Å². The fraction of sp³-hybridized carbons (Fsp3) is 0.188. The van der Waals surface area contributed by atoms with E-state index >= 15 is 0 Å². The summed E-state index contributed by atoms with van der Waals surface area (Å²) in [5, 5.41) is 0.750. The first kappa shape index (κ1) is 13.0. The van der Waals surface area contributed by atoms with Crippen LogP contribution in [0.15, 0.2) is 53.5 Å². The number of guanidine groups is 1. The van der Waals surface area contributed by atoms with Gasteiger partial charge >= 0.3 is 0 Å². The van der Waals surface area contributed by atoms with Crippen molar-refractivity contribution in [1.82, 2.24) is 0 Å². The highest BCUT2D eigenvalue weighted by Gasteiger charge is 2.29. The zero-order valence-electron chi connectivity index (χ0n) is 11.3. The molecule has 0 aromatic heterocycles. The standard InChI is InChI=1S/C16H16ClN3/c1-11-6-8-12(9-7-11)20-15(10-19-16(20)18)13-4-2-3-5-14(13)17/h2-9,15H,10H2,1H3,(H2,18,19). The molecule has 0 aliphatic carbocycles. The van der Waals surface area contributed by atoms with Crippen molar-refractivity contribution in [2.24, 2.45) is 10.7 Å². The molecule has 1 unspecified atom stereocenters. The second-order valence-electron chi connectivity index (χ2n) is 4.94. The Hall–Kier alpha value is -2.00. The molecule has 2 aromatic rings. The minimum absolute atomic E-state index is 0.0615. The topological polar surface area (TPSA) is 41.6 Å². The van der Waals surface area contributed by atoms with Crippen LogP contribution in [-0.4, -0.2) is 12.5 Å². The van der Waals surface area contributed by atoms with Gasteiger partial charge in [0.1, 0.15) is 0 Å². The molecular weight excluding hydrogens is 270 g/mol. The van der Waals surface area contributed by atoms with Crippen LogP contribution in [0.4, 0.5) is 5.69 Å². The van der Waals surface area contributed by atoms with Crippen molar-refractivity contribution in [3.63, 3.8) is 0 Å². The SMILES string of the molecule is Cc1ccc(N2C(N)=NCC2c2ccccc2Cl)cc1. The van der Waals surface area contributed by atoms with Crippen LogP contribution in [0.3, 0.4) is 0 Å². The zero-order chi connectivity index (χ0) is 14.1. The lowest BCUT2D eigenvalue weighted by molar-refractivity contribution is 0.769. The first-order valence-corrected chi connectivity index (χ1v) is 6.95. The summed E-state index contributed by atoms with van der Waals surface area (Å²) in [6.45, 7) is 2.69. The molecule has 0 saturated carbocycles. The van der Waals surface area contributed by atoms with E-state index in [1.54, 1.807) is 0 Å². The van der Waals surface area contributed by atoms with Gasteiger partial charge in [-0.05, 0) is 30.7 Å². The van der Waals surface area contributed by atoms with Crippen LogP contribution in [0.1, 0.15) is 17.2 Å². The van der Waals surface area contributed by atoms with Crippen molar-refractivity contribution in [3.8, 4) is 0 Å². The smallest absolute Gasteiger partial charge is 0.196 e. The summed E-state index contributed by atoms with van der Waals surface area (Å²) in [7, 11) is 0. The lowest BCUT2D eigenvalue weighted by Gasteiger charge is -2.27. The van der Waals surface area contributed by atoms with Crippen molar-refractivity contribution in [1.29, 1.82) is 0 Å². The van der Waals surface area contributed by atoms with Crippen molar-refractivity contribution in [2.75, 3.05) is 11.4 Å². The molecule has 0 saturated heterocycles. The third-order valence-corrected chi connectivity index (χ3v) is 3.91. The van der Waals surface area contributed by atoms with E-state index < -0.39 is 0 Å². The van der Waals surface area contributed by atoms with Crippen LogP contribution in [0.2, 0.25) is 5.02 Å². The third-order valence-electron chi connectivity index (χ3n) is 3.56. The van der Waals surface area contributed by atoms with E-state index in [0.29, 0.717) is 12.5 Å². The van der Waals surface area contributed by atoms with Gasteiger partial charge in [0.15, 0.2) is 5.96 Å². The Morgan fingerprint density at radius 2 is 1.85 bits per heavy atom. The molecular formula is C16H16ClN3. The maximum Gasteiger partial charge on any atom is 0.196 e. The molecule has 0 radical (unpaired) electrons. The molecule has 1 heterocycles. The molecule has 3 rings (SSSR count). The maximum atomic E-state index is 6.31. The van der Waals surface area contributed by atoms with Gasteiger partial charge in [-0.25, -0.2) is 0 Å².